The normalized spacial score (nSPS) is 26.5. The molecule has 1 aromatic carbocycles. The smallest absolute Gasteiger partial charge is 0.119 e. The fourth-order valence-corrected chi connectivity index (χ4v) is 2.86. The van der Waals surface area contributed by atoms with Crippen LogP contribution in [0.2, 0.25) is 0 Å². The quantitative estimate of drug-likeness (QED) is 0.860. The van der Waals surface area contributed by atoms with E-state index in [-0.39, 0.29) is 5.54 Å². The fourth-order valence-electron chi connectivity index (χ4n) is 2.86. The maximum absolute atomic E-state index is 5.97. The molecule has 3 rings (SSSR count). The van der Waals surface area contributed by atoms with Crippen LogP contribution in [0.15, 0.2) is 18.2 Å². The molecule has 0 radical (unpaired) electrons. The molecule has 3 nitrogen and oxygen atoms in total. The summed E-state index contributed by atoms with van der Waals surface area (Å²) in [7, 11) is 0. The van der Waals surface area contributed by atoms with Crippen LogP contribution in [0, 0.1) is 0 Å². The molecule has 1 fully saturated rings. The zero-order valence-corrected chi connectivity index (χ0v) is 11.1. The van der Waals surface area contributed by atoms with Crippen LogP contribution < -0.4 is 15.4 Å². The Morgan fingerprint density at radius 2 is 2.22 bits per heavy atom. The molecule has 0 saturated carbocycles. The Morgan fingerprint density at radius 3 is 3.06 bits per heavy atom. The Hall–Kier alpha value is -1.22. The van der Waals surface area contributed by atoms with Crippen molar-refractivity contribution in [2.45, 2.75) is 38.1 Å². The van der Waals surface area contributed by atoms with E-state index < -0.39 is 0 Å². The minimum atomic E-state index is 0.161. The van der Waals surface area contributed by atoms with Gasteiger partial charge in [0.05, 0.1) is 0 Å². The predicted molar refractivity (Wildman–Crippen MR) is 74.4 cm³/mol. The van der Waals surface area contributed by atoms with Crippen molar-refractivity contribution in [3.05, 3.63) is 23.8 Å². The summed E-state index contributed by atoms with van der Waals surface area (Å²) in [4.78, 5) is 0. The molecule has 98 valence electrons. The van der Waals surface area contributed by atoms with E-state index in [9.17, 15) is 0 Å². The van der Waals surface area contributed by atoms with Crippen molar-refractivity contribution in [1.82, 2.24) is 5.32 Å². The summed E-state index contributed by atoms with van der Waals surface area (Å²) in [6.45, 7) is 5.22. The summed E-state index contributed by atoms with van der Waals surface area (Å²) in [5.74, 6) is 1.01. The van der Waals surface area contributed by atoms with Gasteiger partial charge in [-0.25, -0.2) is 0 Å². The Kier molecular flexibility index (Phi) is 3.16. The number of ether oxygens (including phenoxy) is 1. The van der Waals surface area contributed by atoms with Gasteiger partial charge in [0, 0.05) is 17.8 Å². The van der Waals surface area contributed by atoms with Gasteiger partial charge in [-0.15, -0.1) is 0 Å². The summed E-state index contributed by atoms with van der Waals surface area (Å²) in [6, 6.07) is 6.42. The van der Waals surface area contributed by atoms with E-state index in [0.717, 1.165) is 31.9 Å². The molecule has 1 saturated heterocycles. The van der Waals surface area contributed by atoms with E-state index in [2.05, 4.69) is 35.8 Å². The second kappa shape index (κ2) is 4.81. The molecule has 2 aliphatic rings. The monoisotopic (exact) mass is 246 g/mol. The summed E-state index contributed by atoms with van der Waals surface area (Å²) in [5, 5.41) is 6.95. The fraction of sp³-hybridized carbons (Fsp3) is 0.600. The minimum absolute atomic E-state index is 0.161. The van der Waals surface area contributed by atoms with Gasteiger partial charge in [0.2, 0.25) is 0 Å². The van der Waals surface area contributed by atoms with Crippen molar-refractivity contribution in [3.63, 3.8) is 0 Å². The van der Waals surface area contributed by atoms with E-state index in [4.69, 9.17) is 4.74 Å². The lowest BCUT2D eigenvalue weighted by molar-refractivity contribution is 0.212. The molecule has 2 aliphatic heterocycles. The molecule has 1 atom stereocenters. The van der Waals surface area contributed by atoms with Crippen LogP contribution >= 0.6 is 0 Å². The summed E-state index contributed by atoms with van der Waals surface area (Å²) in [5.41, 5.74) is 2.83. The van der Waals surface area contributed by atoms with E-state index in [1.54, 1.807) is 0 Å². The highest BCUT2D eigenvalue weighted by molar-refractivity contribution is 5.55. The Labute approximate surface area is 109 Å². The average Bonchev–Trinajstić information content (AvgIpc) is 2.84. The molecule has 0 aliphatic carbocycles. The molecule has 2 N–H and O–H groups in total. The number of benzene rings is 1. The molecule has 0 aromatic heterocycles. The van der Waals surface area contributed by atoms with E-state index in [1.165, 1.54) is 30.5 Å². The van der Waals surface area contributed by atoms with Crippen LogP contribution in [0.3, 0.4) is 0 Å². The molecule has 0 spiro atoms. The second-order valence-corrected chi connectivity index (χ2v) is 5.73. The highest BCUT2D eigenvalue weighted by Gasteiger charge is 2.28. The zero-order chi connectivity index (χ0) is 12.4. The molecular formula is C15H22N2O. The Bertz CT molecular complexity index is 425. The molecule has 1 unspecified atom stereocenters. The van der Waals surface area contributed by atoms with Crippen LogP contribution in [0.25, 0.3) is 0 Å². The summed E-state index contributed by atoms with van der Waals surface area (Å²) >= 11 is 0. The Balaban J connectivity index is 1.66. The first-order valence-electron chi connectivity index (χ1n) is 7.00. The van der Waals surface area contributed by atoms with Gasteiger partial charge in [-0.05, 0) is 62.9 Å². The van der Waals surface area contributed by atoms with Gasteiger partial charge in [-0.3, -0.25) is 0 Å². The van der Waals surface area contributed by atoms with E-state index in [0.29, 0.717) is 0 Å². The third-order valence-electron chi connectivity index (χ3n) is 4.03. The standard InChI is InChI=1S/C15H22N2O/c1-15(7-3-9-17-15)11-18-13-5-6-14-12(10-13)4-2-8-16-14/h5-6,10,16-17H,2-4,7-9,11H2,1H3. The SMILES string of the molecule is CC1(COc2ccc3c(c2)CCCN3)CCCN1. The van der Waals surface area contributed by atoms with Crippen molar-refractivity contribution in [3.8, 4) is 5.75 Å². The first-order chi connectivity index (χ1) is 8.75. The van der Waals surface area contributed by atoms with Crippen molar-refractivity contribution in [1.29, 1.82) is 0 Å². The van der Waals surface area contributed by atoms with Crippen molar-refractivity contribution in [2.24, 2.45) is 0 Å². The predicted octanol–water partition coefficient (Wildman–Crippen LogP) is 2.57. The lowest BCUT2D eigenvalue weighted by atomic mass is 10.0. The van der Waals surface area contributed by atoms with Gasteiger partial charge < -0.3 is 15.4 Å². The molecule has 1 aromatic rings. The second-order valence-electron chi connectivity index (χ2n) is 5.73. The van der Waals surface area contributed by atoms with Crippen LogP contribution in [-0.4, -0.2) is 25.2 Å². The number of hydrogen-bond acceptors (Lipinski definition) is 3. The molecule has 2 heterocycles. The third-order valence-corrected chi connectivity index (χ3v) is 4.03. The van der Waals surface area contributed by atoms with E-state index in [1.807, 2.05) is 0 Å². The van der Waals surface area contributed by atoms with Gasteiger partial charge in [0.15, 0.2) is 0 Å². The number of nitrogens with one attached hydrogen (secondary N) is 2. The Morgan fingerprint density at radius 1 is 1.28 bits per heavy atom. The molecule has 3 heteroatoms. The molecule has 0 bridgehead atoms. The van der Waals surface area contributed by atoms with Crippen LogP contribution in [0.1, 0.15) is 31.7 Å². The maximum atomic E-state index is 5.97. The summed E-state index contributed by atoms with van der Waals surface area (Å²) in [6.07, 6.45) is 4.85. The summed E-state index contributed by atoms with van der Waals surface area (Å²) < 4.78 is 5.97. The van der Waals surface area contributed by atoms with Gasteiger partial charge in [-0.1, -0.05) is 0 Å². The van der Waals surface area contributed by atoms with Crippen LogP contribution in [0.5, 0.6) is 5.75 Å². The molecule has 18 heavy (non-hydrogen) atoms. The first-order valence-corrected chi connectivity index (χ1v) is 7.00. The van der Waals surface area contributed by atoms with Crippen LogP contribution in [-0.2, 0) is 6.42 Å². The zero-order valence-electron chi connectivity index (χ0n) is 11.1. The van der Waals surface area contributed by atoms with E-state index >= 15 is 0 Å². The van der Waals surface area contributed by atoms with Crippen LogP contribution in [0.4, 0.5) is 5.69 Å². The largest absolute Gasteiger partial charge is 0.492 e. The topological polar surface area (TPSA) is 33.3 Å². The molecular weight excluding hydrogens is 224 g/mol. The number of rotatable bonds is 3. The maximum Gasteiger partial charge on any atom is 0.119 e. The van der Waals surface area contributed by atoms with Gasteiger partial charge >= 0.3 is 0 Å². The number of anilines is 1. The van der Waals surface area contributed by atoms with Crippen molar-refractivity contribution >= 4 is 5.69 Å². The van der Waals surface area contributed by atoms with Gasteiger partial charge in [0.25, 0.3) is 0 Å². The minimum Gasteiger partial charge on any atom is -0.492 e. The highest BCUT2D eigenvalue weighted by Crippen LogP contribution is 2.27. The lowest BCUT2D eigenvalue weighted by Gasteiger charge is -2.25. The van der Waals surface area contributed by atoms with Gasteiger partial charge in [0.1, 0.15) is 12.4 Å². The number of fused-ring (bicyclic) bond motifs is 1. The average molecular weight is 246 g/mol. The molecule has 0 amide bonds. The number of aryl methyl sites for hydroxylation is 1. The highest BCUT2D eigenvalue weighted by atomic mass is 16.5. The third kappa shape index (κ3) is 2.46. The van der Waals surface area contributed by atoms with Crippen molar-refractivity contribution in [2.75, 3.05) is 25.0 Å². The first kappa shape index (κ1) is 11.8. The number of hydrogen-bond donors (Lipinski definition) is 2. The van der Waals surface area contributed by atoms with Crippen molar-refractivity contribution < 1.29 is 4.74 Å². The lowest BCUT2D eigenvalue weighted by Crippen LogP contribution is -2.42. The van der Waals surface area contributed by atoms with Gasteiger partial charge in [-0.2, -0.15) is 0 Å².